The molecule has 1 unspecified atom stereocenters. The predicted molar refractivity (Wildman–Crippen MR) is 126 cm³/mol. The Balaban J connectivity index is 1.57. The normalized spacial score (nSPS) is 23.4. The van der Waals surface area contributed by atoms with Crippen molar-refractivity contribution in [1.82, 2.24) is 14.9 Å². The Morgan fingerprint density at radius 3 is 2.82 bits per heavy atom. The maximum Gasteiger partial charge on any atom is 0.173 e. The SMILES string of the molecule is COC1=C(N2CCC[C@@]2(C)c2nc3c(C)c(Cl)ccc3[nH]2)CC(c2cccc(F)c2)C=C1F. The van der Waals surface area contributed by atoms with E-state index >= 15 is 4.39 Å². The average molecular weight is 470 g/mol. The lowest BCUT2D eigenvalue weighted by Gasteiger charge is -2.40. The van der Waals surface area contributed by atoms with Crippen molar-refractivity contribution in [3.63, 3.8) is 0 Å². The fraction of sp³-hybridized carbons (Fsp3) is 0.346. The number of halogens is 3. The number of H-pyrrole nitrogens is 1. The molecular weight excluding hydrogens is 444 g/mol. The molecule has 1 N–H and O–H groups in total. The first kappa shape index (κ1) is 22.0. The monoisotopic (exact) mass is 469 g/mol. The van der Waals surface area contributed by atoms with Gasteiger partial charge in [0.25, 0.3) is 0 Å². The maximum absolute atomic E-state index is 15.2. The van der Waals surface area contributed by atoms with Crippen LogP contribution in [-0.4, -0.2) is 28.5 Å². The van der Waals surface area contributed by atoms with Crippen LogP contribution in [0.15, 0.2) is 59.8 Å². The van der Waals surface area contributed by atoms with Gasteiger partial charge in [-0.2, -0.15) is 0 Å². The molecular formula is C26H26ClF2N3O. The van der Waals surface area contributed by atoms with E-state index in [-0.39, 0.29) is 17.5 Å². The second kappa shape index (κ2) is 8.17. The summed E-state index contributed by atoms with van der Waals surface area (Å²) in [7, 11) is 1.49. The molecule has 1 aliphatic heterocycles. The van der Waals surface area contributed by atoms with Gasteiger partial charge in [-0.3, -0.25) is 0 Å². The van der Waals surface area contributed by atoms with Crippen LogP contribution in [0.5, 0.6) is 0 Å². The molecule has 0 radical (unpaired) electrons. The lowest BCUT2D eigenvalue weighted by atomic mass is 9.87. The molecule has 2 heterocycles. The van der Waals surface area contributed by atoms with Crippen molar-refractivity contribution < 1.29 is 13.5 Å². The van der Waals surface area contributed by atoms with Gasteiger partial charge in [0.1, 0.15) is 11.6 Å². The van der Waals surface area contributed by atoms with Crippen LogP contribution in [-0.2, 0) is 10.3 Å². The molecule has 2 aromatic carbocycles. The van der Waals surface area contributed by atoms with E-state index in [1.54, 1.807) is 6.07 Å². The molecule has 172 valence electrons. The van der Waals surface area contributed by atoms with E-state index < -0.39 is 11.4 Å². The Morgan fingerprint density at radius 1 is 1.24 bits per heavy atom. The second-order valence-electron chi connectivity index (χ2n) is 9.04. The maximum atomic E-state index is 15.2. The van der Waals surface area contributed by atoms with Crippen molar-refractivity contribution in [1.29, 1.82) is 0 Å². The number of aromatic nitrogens is 2. The van der Waals surface area contributed by atoms with Crippen LogP contribution in [0, 0.1) is 12.7 Å². The van der Waals surface area contributed by atoms with Gasteiger partial charge in [-0.1, -0.05) is 23.7 Å². The first-order valence-corrected chi connectivity index (χ1v) is 11.5. The summed E-state index contributed by atoms with van der Waals surface area (Å²) in [4.78, 5) is 10.6. The largest absolute Gasteiger partial charge is 0.492 e. The third kappa shape index (κ3) is 3.61. The molecule has 1 aromatic heterocycles. The van der Waals surface area contributed by atoms with E-state index in [0.29, 0.717) is 11.4 Å². The Hall–Kier alpha value is -2.86. The van der Waals surface area contributed by atoms with Crippen LogP contribution in [0.1, 0.15) is 49.1 Å². The first-order chi connectivity index (χ1) is 15.8. The van der Waals surface area contributed by atoms with Crippen LogP contribution in [0.2, 0.25) is 5.02 Å². The smallest absolute Gasteiger partial charge is 0.173 e. The van der Waals surface area contributed by atoms with E-state index in [4.69, 9.17) is 21.3 Å². The zero-order chi connectivity index (χ0) is 23.3. The van der Waals surface area contributed by atoms with Gasteiger partial charge >= 0.3 is 0 Å². The number of hydrogen-bond donors (Lipinski definition) is 1. The predicted octanol–water partition coefficient (Wildman–Crippen LogP) is 6.87. The number of methoxy groups -OCH3 is 1. The van der Waals surface area contributed by atoms with Gasteiger partial charge in [-0.25, -0.2) is 13.8 Å². The molecule has 33 heavy (non-hydrogen) atoms. The van der Waals surface area contributed by atoms with Gasteiger partial charge in [-0.15, -0.1) is 0 Å². The van der Waals surface area contributed by atoms with Crippen molar-refractivity contribution in [3.05, 3.63) is 87.5 Å². The lowest BCUT2D eigenvalue weighted by molar-refractivity contribution is 0.163. The summed E-state index contributed by atoms with van der Waals surface area (Å²) in [5.74, 6) is 0.0315. The quantitative estimate of drug-likeness (QED) is 0.453. The van der Waals surface area contributed by atoms with Gasteiger partial charge in [0, 0.05) is 23.9 Å². The highest BCUT2D eigenvalue weighted by Crippen LogP contribution is 2.46. The van der Waals surface area contributed by atoms with Crippen LogP contribution < -0.4 is 0 Å². The number of aromatic amines is 1. The molecule has 0 spiro atoms. The number of ether oxygens (including phenoxy) is 1. The topological polar surface area (TPSA) is 41.1 Å². The number of nitrogens with one attached hydrogen (secondary N) is 1. The zero-order valence-electron chi connectivity index (χ0n) is 18.9. The van der Waals surface area contributed by atoms with Crippen LogP contribution in [0.4, 0.5) is 8.78 Å². The summed E-state index contributed by atoms with van der Waals surface area (Å²) < 4.78 is 34.6. The molecule has 1 aliphatic carbocycles. The second-order valence-corrected chi connectivity index (χ2v) is 9.45. The molecule has 2 aliphatic rings. The molecule has 0 saturated carbocycles. The summed E-state index contributed by atoms with van der Waals surface area (Å²) in [6.07, 6.45) is 3.83. The van der Waals surface area contributed by atoms with E-state index in [1.165, 1.54) is 25.3 Å². The molecule has 0 amide bonds. The first-order valence-electron chi connectivity index (χ1n) is 11.1. The number of imidazole rings is 1. The third-order valence-corrected chi connectivity index (χ3v) is 7.45. The summed E-state index contributed by atoms with van der Waals surface area (Å²) >= 11 is 6.32. The van der Waals surface area contributed by atoms with E-state index in [1.807, 2.05) is 25.1 Å². The van der Waals surface area contributed by atoms with Crippen molar-refractivity contribution in [2.45, 2.75) is 44.6 Å². The minimum absolute atomic E-state index is 0.242. The van der Waals surface area contributed by atoms with Gasteiger partial charge in [0.05, 0.1) is 29.4 Å². The highest BCUT2D eigenvalue weighted by molar-refractivity contribution is 6.32. The molecule has 3 aromatic rings. The molecule has 1 saturated heterocycles. The van der Waals surface area contributed by atoms with Crippen molar-refractivity contribution in [2.75, 3.05) is 13.7 Å². The van der Waals surface area contributed by atoms with E-state index in [0.717, 1.165) is 53.1 Å². The minimum atomic E-state index is -0.471. The number of benzene rings is 2. The minimum Gasteiger partial charge on any atom is -0.492 e. The van der Waals surface area contributed by atoms with Gasteiger partial charge in [0.2, 0.25) is 0 Å². The number of rotatable bonds is 4. The molecule has 2 atom stereocenters. The highest BCUT2D eigenvalue weighted by atomic mass is 35.5. The standard InChI is InChI=1S/C26H26ClF2N3O/c1-15-19(27)8-9-21-23(15)31-25(30-21)26(2)10-5-11-32(26)22-14-17(13-20(29)24(22)33-3)16-6-4-7-18(28)12-16/h4,6-9,12-13,17H,5,10-11,14H2,1-3H3,(H,30,31)/t17?,26-/m0/s1. The Morgan fingerprint density at radius 2 is 2.06 bits per heavy atom. The van der Waals surface area contributed by atoms with Crippen LogP contribution in [0.25, 0.3) is 11.0 Å². The number of allylic oxidation sites excluding steroid dienone is 3. The van der Waals surface area contributed by atoms with Crippen LogP contribution in [0.3, 0.4) is 0 Å². The van der Waals surface area contributed by atoms with Crippen molar-refractivity contribution in [3.8, 4) is 0 Å². The van der Waals surface area contributed by atoms with E-state index in [2.05, 4.69) is 16.8 Å². The molecule has 5 rings (SSSR count). The third-order valence-electron chi connectivity index (χ3n) is 7.04. The fourth-order valence-electron chi connectivity index (χ4n) is 5.23. The zero-order valence-corrected chi connectivity index (χ0v) is 19.6. The van der Waals surface area contributed by atoms with Crippen molar-refractivity contribution >= 4 is 22.6 Å². The molecule has 0 bridgehead atoms. The number of likely N-dealkylation sites (tertiary alicyclic amines) is 1. The van der Waals surface area contributed by atoms with Crippen LogP contribution >= 0.6 is 11.6 Å². The Bertz CT molecular complexity index is 1300. The molecule has 4 nitrogen and oxygen atoms in total. The number of nitrogens with zero attached hydrogens (tertiary/aromatic N) is 2. The van der Waals surface area contributed by atoms with Gasteiger partial charge < -0.3 is 14.6 Å². The Kier molecular flexibility index (Phi) is 5.44. The van der Waals surface area contributed by atoms with Gasteiger partial charge in [-0.05, 0) is 68.2 Å². The van der Waals surface area contributed by atoms with E-state index in [9.17, 15) is 4.39 Å². The highest BCUT2D eigenvalue weighted by Gasteiger charge is 2.44. The average Bonchev–Trinajstić information content (AvgIpc) is 3.41. The summed E-state index contributed by atoms with van der Waals surface area (Å²) in [6.45, 7) is 4.83. The summed E-state index contributed by atoms with van der Waals surface area (Å²) in [5.41, 5.74) is 3.75. The summed E-state index contributed by atoms with van der Waals surface area (Å²) in [6, 6.07) is 10.2. The van der Waals surface area contributed by atoms with Crippen molar-refractivity contribution in [2.24, 2.45) is 0 Å². The number of fused-ring (bicyclic) bond motifs is 1. The number of aryl methyl sites for hydroxylation is 1. The summed E-state index contributed by atoms with van der Waals surface area (Å²) in [5, 5.41) is 0.677. The van der Waals surface area contributed by atoms with Gasteiger partial charge in [0.15, 0.2) is 11.6 Å². The lowest BCUT2D eigenvalue weighted by Crippen LogP contribution is -2.40. The molecule has 1 fully saturated rings. The Labute approximate surface area is 196 Å². The fourth-order valence-corrected chi connectivity index (χ4v) is 5.39. The molecule has 7 heteroatoms. The number of hydrogen-bond acceptors (Lipinski definition) is 3.